The smallest absolute Gasteiger partial charge is 0.191 e. The number of aliphatic imine (C=N–C) groups is 1. The lowest BCUT2D eigenvalue weighted by Gasteiger charge is -2.37. The average Bonchev–Trinajstić information content (AvgIpc) is 3.26. The standard InChI is InChI=1S/C23H36N4O/c1-2-24-22(26-19-23(13-16-28)11-4-3-5-12-23)25-18-20-9-8-10-21(17-20)27-14-6-7-15-27/h6-10,17,28H,2-5,11-16,18-19H2,1H3,(H2,24,25,26). The molecule has 1 aromatic rings. The molecule has 3 N–H and O–H groups in total. The highest BCUT2D eigenvalue weighted by Gasteiger charge is 2.31. The summed E-state index contributed by atoms with van der Waals surface area (Å²) >= 11 is 0. The zero-order valence-corrected chi connectivity index (χ0v) is 17.3. The number of guanidine groups is 1. The molecule has 1 heterocycles. The summed E-state index contributed by atoms with van der Waals surface area (Å²) in [4.78, 5) is 7.18. The number of aliphatic hydroxyl groups excluding tert-OH is 1. The largest absolute Gasteiger partial charge is 0.396 e. The molecule has 0 amide bonds. The first-order valence-electron chi connectivity index (χ1n) is 10.9. The number of benzene rings is 1. The Morgan fingerprint density at radius 3 is 2.64 bits per heavy atom. The van der Waals surface area contributed by atoms with Gasteiger partial charge in [-0.15, -0.1) is 0 Å². The van der Waals surface area contributed by atoms with Crippen LogP contribution >= 0.6 is 0 Å². The highest BCUT2D eigenvalue weighted by molar-refractivity contribution is 5.79. The van der Waals surface area contributed by atoms with E-state index in [1.165, 1.54) is 43.4 Å². The number of nitrogens with zero attached hydrogens (tertiary/aromatic N) is 2. The molecule has 1 saturated carbocycles. The monoisotopic (exact) mass is 384 g/mol. The highest BCUT2D eigenvalue weighted by atomic mass is 16.3. The van der Waals surface area contributed by atoms with Crippen LogP contribution in [0.25, 0.3) is 0 Å². The summed E-state index contributed by atoms with van der Waals surface area (Å²) in [6.45, 7) is 6.75. The van der Waals surface area contributed by atoms with Crippen LogP contribution < -0.4 is 15.5 Å². The minimum absolute atomic E-state index is 0.214. The van der Waals surface area contributed by atoms with E-state index in [0.29, 0.717) is 6.54 Å². The SMILES string of the molecule is CCNC(=NCc1cccc(N2CC=CC2)c1)NCC1(CCO)CCCCC1. The van der Waals surface area contributed by atoms with Gasteiger partial charge in [-0.1, -0.05) is 43.5 Å². The number of aliphatic hydroxyl groups is 1. The van der Waals surface area contributed by atoms with Crippen LogP contribution in [0.4, 0.5) is 5.69 Å². The van der Waals surface area contributed by atoms with E-state index in [9.17, 15) is 5.11 Å². The van der Waals surface area contributed by atoms with Crippen LogP contribution in [0.1, 0.15) is 51.0 Å². The second-order valence-electron chi connectivity index (χ2n) is 8.13. The normalized spacial score (nSPS) is 19.1. The molecule has 28 heavy (non-hydrogen) atoms. The van der Waals surface area contributed by atoms with Gasteiger partial charge in [0.2, 0.25) is 0 Å². The molecule has 154 valence electrons. The third-order valence-electron chi connectivity index (χ3n) is 6.05. The lowest BCUT2D eigenvalue weighted by Crippen LogP contribution is -2.44. The first-order chi connectivity index (χ1) is 13.7. The van der Waals surface area contributed by atoms with E-state index in [2.05, 4.69) is 58.9 Å². The summed E-state index contributed by atoms with van der Waals surface area (Å²) in [5.41, 5.74) is 2.70. The van der Waals surface area contributed by atoms with E-state index >= 15 is 0 Å². The molecule has 0 spiro atoms. The molecule has 2 aliphatic rings. The molecular formula is C23H36N4O. The van der Waals surface area contributed by atoms with Crippen LogP contribution in [0.2, 0.25) is 0 Å². The zero-order valence-electron chi connectivity index (χ0n) is 17.3. The maximum Gasteiger partial charge on any atom is 0.191 e. The van der Waals surface area contributed by atoms with Crippen molar-refractivity contribution in [1.29, 1.82) is 0 Å². The topological polar surface area (TPSA) is 59.9 Å². The van der Waals surface area contributed by atoms with Crippen LogP contribution in [0.5, 0.6) is 0 Å². The molecule has 0 saturated heterocycles. The van der Waals surface area contributed by atoms with E-state index in [1.807, 2.05) is 0 Å². The molecule has 5 heteroatoms. The van der Waals surface area contributed by atoms with Crippen LogP contribution in [0, 0.1) is 5.41 Å². The Hall–Kier alpha value is -2.01. The lowest BCUT2D eigenvalue weighted by atomic mass is 9.72. The molecule has 3 rings (SSSR count). The van der Waals surface area contributed by atoms with E-state index < -0.39 is 0 Å². The summed E-state index contributed by atoms with van der Waals surface area (Å²) in [5, 5.41) is 16.5. The van der Waals surface area contributed by atoms with Gasteiger partial charge in [0.1, 0.15) is 0 Å². The minimum atomic E-state index is 0.214. The van der Waals surface area contributed by atoms with Crippen molar-refractivity contribution in [2.24, 2.45) is 10.4 Å². The van der Waals surface area contributed by atoms with Gasteiger partial charge in [-0.3, -0.25) is 0 Å². The minimum Gasteiger partial charge on any atom is -0.396 e. The van der Waals surface area contributed by atoms with Crippen molar-refractivity contribution in [2.75, 3.05) is 37.7 Å². The van der Waals surface area contributed by atoms with E-state index in [1.54, 1.807) is 0 Å². The van der Waals surface area contributed by atoms with Crippen LogP contribution in [-0.2, 0) is 6.54 Å². The maximum absolute atomic E-state index is 9.54. The Morgan fingerprint density at radius 2 is 1.93 bits per heavy atom. The molecule has 1 aliphatic carbocycles. The van der Waals surface area contributed by atoms with Gasteiger partial charge in [0.05, 0.1) is 6.54 Å². The van der Waals surface area contributed by atoms with Crippen LogP contribution in [0.15, 0.2) is 41.4 Å². The van der Waals surface area contributed by atoms with Gasteiger partial charge < -0.3 is 20.6 Å². The predicted molar refractivity (Wildman–Crippen MR) is 118 cm³/mol. The summed E-state index contributed by atoms with van der Waals surface area (Å²) in [5.74, 6) is 0.874. The van der Waals surface area contributed by atoms with Gasteiger partial charge in [-0.2, -0.15) is 0 Å². The fourth-order valence-corrected chi connectivity index (χ4v) is 4.38. The summed E-state index contributed by atoms with van der Waals surface area (Å²) < 4.78 is 0. The van der Waals surface area contributed by atoms with Crippen molar-refractivity contribution in [3.63, 3.8) is 0 Å². The molecule has 1 aliphatic heterocycles. The third kappa shape index (κ3) is 5.74. The zero-order chi connectivity index (χ0) is 19.7. The van der Waals surface area contributed by atoms with Gasteiger partial charge in [0.25, 0.3) is 0 Å². The molecule has 0 bridgehead atoms. The molecule has 0 aromatic heterocycles. The molecule has 1 aromatic carbocycles. The van der Waals surface area contributed by atoms with E-state index in [0.717, 1.165) is 38.6 Å². The summed E-state index contributed by atoms with van der Waals surface area (Å²) in [7, 11) is 0. The molecule has 0 radical (unpaired) electrons. The van der Waals surface area contributed by atoms with Crippen molar-refractivity contribution < 1.29 is 5.11 Å². The average molecular weight is 385 g/mol. The molecule has 0 atom stereocenters. The Bertz CT molecular complexity index is 651. The Labute approximate surface area is 169 Å². The molecule has 1 fully saturated rings. The van der Waals surface area contributed by atoms with Crippen molar-refractivity contribution in [1.82, 2.24) is 10.6 Å². The van der Waals surface area contributed by atoms with E-state index in [-0.39, 0.29) is 12.0 Å². The first kappa shape index (κ1) is 20.7. The second-order valence-corrected chi connectivity index (χ2v) is 8.13. The van der Waals surface area contributed by atoms with Gasteiger partial charge in [-0.25, -0.2) is 4.99 Å². The number of hydrogen-bond donors (Lipinski definition) is 3. The Balaban J connectivity index is 1.61. The number of anilines is 1. The van der Waals surface area contributed by atoms with Crippen molar-refractivity contribution >= 4 is 11.6 Å². The Kier molecular flexibility index (Phi) is 7.78. The second kappa shape index (κ2) is 10.5. The van der Waals surface area contributed by atoms with Crippen LogP contribution in [0.3, 0.4) is 0 Å². The predicted octanol–water partition coefficient (Wildman–Crippen LogP) is 3.45. The molecule has 0 unspecified atom stereocenters. The van der Waals surface area contributed by atoms with Gasteiger partial charge >= 0.3 is 0 Å². The first-order valence-corrected chi connectivity index (χ1v) is 10.9. The Morgan fingerprint density at radius 1 is 1.14 bits per heavy atom. The lowest BCUT2D eigenvalue weighted by molar-refractivity contribution is 0.131. The maximum atomic E-state index is 9.54. The number of rotatable bonds is 8. The fraction of sp³-hybridized carbons (Fsp3) is 0.609. The van der Waals surface area contributed by atoms with E-state index in [4.69, 9.17) is 4.99 Å². The van der Waals surface area contributed by atoms with Crippen molar-refractivity contribution in [2.45, 2.75) is 52.0 Å². The third-order valence-corrected chi connectivity index (χ3v) is 6.05. The van der Waals surface area contributed by atoms with Gasteiger partial charge in [-0.05, 0) is 49.3 Å². The highest BCUT2D eigenvalue weighted by Crippen LogP contribution is 2.38. The summed E-state index contributed by atoms with van der Waals surface area (Å²) in [6.07, 6.45) is 11.6. The van der Waals surface area contributed by atoms with Crippen LogP contribution in [-0.4, -0.2) is 43.9 Å². The van der Waals surface area contributed by atoms with Gasteiger partial charge in [0.15, 0.2) is 5.96 Å². The molecular weight excluding hydrogens is 348 g/mol. The number of hydrogen-bond acceptors (Lipinski definition) is 3. The fourth-order valence-electron chi connectivity index (χ4n) is 4.38. The van der Waals surface area contributed by atoms with Gasteiger partial charge in [0, 0.05) is 38.5 Å². The summed E-state index contributed by atoms with van der Waals surface area (Å²) in [6, 6.07) is 8.69. The number of nitrogens with one attached hydrogen (secondary N) is 2. The molecule has 5 nitrogen and oxygen atoms in total. The van der Waals surface area contributed by atoms with Crippen molar-refractivity contribution in [3.8, 4) is 0 Å². The van der Waals surface area contributed by atoms with Crippen molar-refractivity contribution in [3.05, 3.63) is 42.0 Å². The quantitative estimate of drug-likeness (QED) is 0.365.